The predicted molar refractivity (Wildman–Crippen MR) is 72.0 cm³/mol. The van der Waals surface area contributed by atoms with Gasteiger partial charge in [-0.3, -0.25) is 4.79 Å². The molecule has 1 aliphatic rings. The number of hydrogen-bond acceptors (Lipinski definition) is 2. The van der Waals surface area contributed by atoms with Gasteiger partial charge in [0, 0.05) is 10.6 Å². The average molecular weight is 300 g/mol. The van der Waals surface area contributed by atoms with Gasteiger partial charge < -0.3 is 10.4 Å². The number of carboxylic acids is 1. The average Bonchev–Trinajstić information content (AvgIpc) is 3.18. The molecule has 6 heteroatoms. The van der Waals surface area contributed by atoms with Crippen LogP contribution >= 0.6 is 11.6 Å². The molecule has 0 saturated heterocycles. The van der Waals surface area contributed by atoms with E-state index in [4.69, 9.17) is 11.6 Å². The molecule has 4 nitrogen and oxygen atoms in total. The van der Waals surface area contributed by atoms with Crippen molar-refractivity contribution in [3.63, 3.8) is 0 Å². The molecule has 1 fully saturated rings. The summed E-state index contributed by atoms with van der Waals surface area (Å²) in [6.45, 7) is 1.48. The Kier molecular flexibility index (Phi) is 3.99. The van der Waals surface area contributed by atoms with Crippen LogP contribution in [0, 0.1) is 11.7 Å². The number of rotatable bonds is 5. The number of aliphatic carboxylic acids is 1. The molecule has 108 valence electrons. The number of carbonyl (C=O) groups excluding carboxylic acids is 1. The largest absolute Gasteiger partial charge is 0.480 e. The van der Waals surface area contributed by atoms with Crippen LogP contribution in [-0.4, -0.2) is 22.5 Å². The molecule has 1 aromatic carbocycles. The summed E-state index contributed by atoms with van der Waals surface area (Å²) in [6.07, 6.45) is 1.26. The van der Waals surface area contributed by atoms with Gasteiger partial charge in [-0.15, -0.1) is 0 Å². The van der Waals surface area contributed by atoms with Crippen molar-refractivity contribution in [1.82, 2.24) is 5.32 Å². The Balaban J connectivity index is 2.11. The summed E-state index contributed by atoms with van der Waals surface area (Å²) in [7, 11) is 0. The second-order valence-electron chi connectivity index (χ2n) is 5.21. The van der Waals surface area contributed by atoms with Crippen molar-refractivity contribution in [2.45, 2.75) is 31.7 Å². The van der Waals surface area contributed by atoms with Crippen molar-refractivity contribution < 1.29 is 19.1 Å². The number of nitrogens with one attached hydrogen (secondary N) is 1. The van der Waals surface area contributed by atoms with Crippen molar-refractivity contribution in [3.8, 4) is 0 Å². The van der Waals surface area contributed by atoms with Gasteiger partial charge in [0.1, 0.15) is 11.4 Å². The Morgan fingerprint density at radius 3 is 2.65 bits per heavy atom. The first-order valence-corrected chi connectivity index (χ1v) is 6.69. The molecular weight excluding hydrogens is 285 g/mol. The van der Waals surface area contributed by atoms with Crippen LogP contribution in [-0.2, 0) is 16.0 Å². The standard InChI is InChI=1S/C14H15ClFNO3/c1-14(13(19)20,8-5-6-8)17-12(18)7-9-10(15)3-2-4-11(9)16/h2-4,8H,5-7H2,1H3,(H,17,18)(H,19,20). The van der Waals surface area contributed by atoms with E-state index in [9.17, 15) is 19.1 Å². The maximum absolute atomic E-state index is 13.6. The molecule has 0 radical (unpaired) electrons. The van der Waals surface area contributed by atoms with Crippen LogP contribution in [0.3, 0.4) is 0 Å². The molecule has 0 aliphatic heterocycles. The van der Waals surface area contributed by atoms with Gasteiger partial charge in [-0.2, -0.15) is 0 Å². The molecule has 1 atom stereocenters. The minimum absolute atomic E-state index is 0.0694. The Bertz CT molecular complexity index is 539. The third kappa shape index (κ3) is 2.93. The van der Waals surface area contributed by atoms with Gasteiger partial charge in [0.25, 0.3) is 0 Å². The van der Waals surface area contributed by atoms with E-state index < -0.39 is 23.2 Å². The van der Waals surface area contributed by atoms with Crippen LogP contribution < -0.4 is 5.32 Å². The summed E-state index contributed by atoms with van der Waals surface area (Å²) in [5.41, 5.74) is -1.22. The first kappa shape index (κ1) is 14.8. The van der Waals surface area contributed by atoms with Gasteiger partial charge in [0.05, 0.1) is 6.42 Å². The zero-order valence-corrected chi connectivity index (χ0v) is 11.7. The van der Waals surface area contributed by atoms with Gasteiger partial charge in [-0.1, -0.05) is 17.7 Å². The highest BCUT2D eigenvalue weighted by Crippen LogP contribution is 2.39. The second-order valence-corrected chi connectivity index (χ2v) is 5.61. The highest BCUT2D eigenvalue weighted by molar-refractivity contribution is 6.31. The molecule has 20 heavy (non-hydrogen) atoms. The van der Waals surface area contributed by atoms with Crippen molar-refractivity contribution in [2.24, 2.45) is 5.92 Å². The summed E-state index contributed by atoms with van der Waals surface area (Å²) in [6, 6.07) is 4.15. The Hall–Kier alpha value is -1.62. The Morgan fingerprint density at radius 2 is 2.15 bits per heavy atom. The third-order valence-corrected chi connectivity index (χ3v) is 3.99. The van der Waals surface area contributed by atoms with Gasteiger partial charge in [-0.25, -0.2) is 9.18 Å². The zero-order valence-electron chi connectivity index (χ0n) is 11.0. The molecule has 1 unspecified atom stereocenters. The maximum atomic E-state index is 13.6. The van der Waals surface area contributed by atoms with Crippen LogP contribution in [0.25, 0.3) is 0 Å². The maximum Gasteiger partial charge on any atom is 0.329 e. The first-order valence-electron chi connectivity index (χ1n) is 6.32. The quantitative estimate of drug-likeness (QED) is 0.877. The highest BCUT2D eigenvalue weighted by atomic mass is 35.5. The van der Waals surface area contributed by atoms with E-state index >= 15 is 0 Å². The number of carbonyl (C=O) groups is 2. The van der Waals surface area contributed by atoms with Gasteiger partial charge in [0.15, 0.2) is 0 Å². The lowest BCUT2D eigenvalue weighted by molar-refractivity contribution is -0.147. The minimum atomic E-state index is -1.30. The second kappa shape index (κ2) is 5.40. The van der Waals surface area contributed by atoms with E-state index in [1.165, 1.54) is 25.1 Å². The van der Waals surface area contributed by atoms with E-state index in [1.54, 1.807) is 0 Å². The number of carboxylic acid groups (broad SMARTS) is 1. The molecular formula is C14H15ClFNO3. The zero-order chi connectivity index (χ0) is 14.9. The van der Waals surface area contributed by atoms with E-state index in [1.807, 2.05) is 0 Å². The van der Waals surface area contributed by atoms with E-state index in [2.05, 4.69) is 5.32 Å². The minimum Gasteiger partial charge on any atom is -0.480 e. The Morgan fingerprint density at radius 1 is 1.50 bits per heavy atom. The first-order chi connectivity index (χ1) is 9.34. The summed E-state index contributed by atoms with van der Waals surface area (Å²) >= 11 is 5.85. The lowest BCUT2D eigenvalue weighted by Crippen LogP contribution is -2.54. The van der Waals surface area contributed by atoms with Crippen LogP contribution in [0.1, 0.15) is 25.3 Å². The summed E-state index contributed by atoms with van der Waals surface area (Å²) < 4.78 is 13.6. The van der Waals surface area contributed by atoms with Gasteiger partial charge >= 0.3 is 5.97 Å². The summed E-state index contributed by atoms with van der Waals surface area (Å²) in [5, 5.41) is 11.9. The predicted octanol–water partition coefficient (Wildman–Crippen LogP) is 2.39. The molecule has 2 rings (SSSR count). The molecule has 1 aliphatic carbocycles. The Labute approximate surface area is 120 Å². The molecule has 0 aromatic heterocycles. The SMILES string of the molecule is CC(NC(=O)Cc1c(F)cccc1Cl)(C(=O)O)C1CC1. The molecule has 0 bridgehead atoms. The van der Waals surface area contributed by atoms with Crippen LogP contribution in [0.4, 0.5) is 4.39 Å². The van der Waals surface area contributed by atoms with Gasteiger partial charge in [0.2, 0.25) is 5.91 Å². The molecule has 1 amide bonds. The number of hydrogen-bond donors (Lipinski definition) is 2. The van der Waals surface area contributed by atoms with Crippen LogP contribution in [0.5, 0.6) is 0 Å². The fourth-order valence-electron chi connectivity index (χ4n) is 2.19. The molecule has 1 saturated carbocycles. The highest BCUT2D eigenvalue weighted by Gasteiger charge is 2.48. The van der Waals surface area contributed by atoms with Crippen molar-refractivity contribution in [1.29, 1.82) is 0 Å². The normalized spacial score (nSPS) is 17.4. The van der Waals surface area contributed by atoms with E-state index in [0.29, 0.717) is 0 Å². The van der Waals surface area contributed by atoms with Gasteiger partial charge in [-0.05, 0) is 37.8 Å². The lowest BCUT2D eigenvalue weighted by Gasteiger charge is -2.26. The van der Waals surface area contributed by atoms with E-state index in [0.717, 1.165) is 12.8 Å². The van der Waals surface area contributed by atoms with Crippen molar-refractivity contribution in [3.05, 3.63) is 34.6 Å². The van der Waals surface area contributed by atoms with Crippen LogP contribution in [0.15, 0.2) is 18.2 Å². The summed E-state index contributed by atoms with van der Waals surface area (Å²) in [4.78, 5) is 23.3. The monoisotopic (exact) mass is 299 g/mol. The lowest BCUT2D eigenvalue weighted by atomic mass is 9.95. The van der Waals surface area contributed by atoms with Crippen molar-refractivity contribution in [2.75, 3.05) is 0 Å². The number of halogens is 2. The topological polar surface area (TPSA) is 66.4 Å². The molecule has 0 spiro atoms. The summed E-state index contributed by atoms with van der Waals surface area (Å²) in [5.74, 6) is -2.27. The smallest absolute Gasteiger partial charge is 0.329 e. The molecule has 2 N–H and O–H groups in total. The van der Waals surface area contributed by atoms with Crippen LogP contribution in [0.2, 0.25) is 5.02 Å². The third-order valence-electron chi connectivity index (χ3n) is 3.64. The fraction of sp³-hybridized carbons (Fsp3) is 0.429. The number of benzene rings is 1. The fourth-order valence-corrected chi connectivity index (χ4v) is 2.42. The van der Waals surface area contributed by atoms with E-state index in [-0.39, 0.29) is 22.9 Å². The number of amides is 1. The van der Waals surface area contributed by atoms with Crippen molar-refractivity contribution >= 4 is 23.5 Å². The molecule has 1 aromatic rings. The molecule has 0 heterocycles.